The second kappa shape index (κ2) is 5.75. The Morgan fingerprint density at radius 1 is 1.27 bits per heavy atom. The quantitative estimate of drug-likeness (QED) is 0.534. The Bertz CT molecular complexity index is 119. The zero-order valence-electron chi connectivity index (χ0n) is 6.46. The molecule has 3 heteroatoms. The number of ether oxygens (including phenoxy) is 2. The van der Waals surface area contributed by atoms with Gasteiger partial charge >= 0.3 is 0 Å². The lowest BCUT2D eigenvalue weighted by molar-refractivity contribution is -0.0457. The molecule has 1 saturated heterocycles. The summed E-state index contributed by atoms with van der Waals surface area (Å²) in [6.45, 7) is 1.51. The summed E-state index contributed by atoms with van der Waals surface area (Å²) < 4.78 is 10.5. The SMILES string of the molecule is BrC/C=C\CCC1OCCO1. The highest BCUT2D eigenvalue weighted by atomic mass is 79.9. The fourth-order valence-electron chi connectivity index (χ4n) is 0.987. The van der Waals surface area contributed by atoms with Gasteiger partial charge in [0.25, 0.3) is 0 Å². The van der Waals surface area contributed by atoms with Gasteiger partial charge in [-0.1, -0.05) is 28.1 Å². The number of alkyl halides is 1. The summed E-state index contributed by atoms with van der Waals surface area (Å²) in [5.74, 6) is 0. The molecule has 0 amide bonds. The van der Waals surface area contributed by atoms with E-state index in [4.69, 9.17) is 9.47 Å². The molecule has 0 aromatic heterocycles. The van der Waals surface area contributed by atoms with Gasteiger partial charge in [-0.25, -0.2) is 0 Å². The first-order chi connectivity index (χ1) is 5.43. The van der Waals surface area contributed by atoms with Crippen molar-refractivity contribution in [2.45, 2.75) is 19.1 Å². The minimum absolute atomic E-state index is 0.0509. The van der Waals surface area contributed by atoms with Crippen molar-refractivity contribution in [2.75, 3.05) is 18.5 Å². The van der Waals surface area contributed by atoms with Crippen molar-refractivity contribution >= 4 is 15.9 Å². The summed E-state index contributed by atoms with van der Waals surface area (Å²) in [7, 11) is 0. The molecule has 1 fully saturated rings. The monoisotopic (exact) mass is 220 g/mol. The Morgan fingerprint density at radius 2 is 2.00 bits per heavy atom. The molecule has 1 heterocycles. The number of hydrogen-bond donors (Lipinski definition) is 0. The van der Waals surface area contributed by atoms with E-state index < -0.39 is 0 Å². The molecule has 0 bridgehead atoms. The molecule has 0 aliphatic carbocycles. The van der Waals surface area contributed by atoms with Crippen LogP contribution in [-0.4, -0.2) is 24.8 Å². The number of hydrogen-bond acceptors (Lipinski definition) is 2. The molecular weight excluding hydrogens is 208 g/mol. The van der Waals surface area contributed by atoms with Crippen LogP contribution < -0.4 is 0 Å². The molecule has 0 spiro atoms. The van der Waals surface area contributed by atoms with Crippen molar-refractivity contribution < 1.29 is 9.47 Å². The molecule has 0 aromatic rings. The van der Waals surface area contributed by atoms with Gasteiger partial charge in [0.05, 0.1) is 13.2 Å². The van der Waals surface area contributed by atoms with Crippen molar-refractivity contribution in [3.63, 3.8) is 0 Å². The first-order valence-corrected chi connectivity index (χ1v) is 5.00. The molecule has 0 unspecified atom stereocenters. The van der Waals surface area contributed by atoms with Crippen molar-refractivity contribution in [2.24, 2.45) is 0 Å². The van der Waals surface area contributed by atoms with Gasteiger partial charge in [0, 0.05) is 11.8 Å². The summed E-state index contributed by atoms with van der Waals surface area (Å²) >= 11 is 3.31. The zero-order valence-corrected chi connectivity index (χ0v) is 8.05. The molecule has 64 valence electrons. The maximum atomic E-state index is 5.27. The standard InChI is InChI=1S/C8H13BrO2/c9-5-3-1-2-4-8-10-6-7-11-8/h1,3,8H,2,4-7H2/b3-1-. The fraction of sp³-hybridized carbons (Fsp3) is 0.750. The highest BCUT2D eigenvalue weighted by molar-refractivity contribution is 9.09. The van der Waals surface area contributed by atoms with Gasteiger partial charge in [0.2, 0.25) is 0 Å². The average molecular weight is 221 g/mol. The average Bonchev–Trinajstić information content (AvgIpc) is 2.50. The van der Waals surface area contributed by atoms with Crippen LogP contribution in [0.2, 0.25) is 0 Å². The molecule has 0 radical (unpaired) electrons. The second-order valence-corrected chi connectivity index (χ2v) is 3.02. The van der Waals surface area contributed by atoms with Gasteiger partial charge in [-0.05, 0) is 6.42 Å². The first-order valence-electron chi connectivity index (χ1n) is 3.87. The van der Waals surface area contributed by atoms with Crippen LogP contribution in [0.15, 0.2) is 12.2 Å². The van der Waals surface area contributed by atoms with Crippen molar-refractivity contribution in [1.82, 2.24) is 0 Å². The maximum Gasteiger partial charge on any atom is 0.158 e. The van der Waals surface area contributed by atoms with Crippen LogP contribution >= 0.6 is 15.9 Å². The molecule has 11 heavy (non-hydrogen) atoms. The van der Waals surface area contributed by atoms with Gasteiger partial charge in [0.15, 0.2) is 6.29 Å². The predicted octanol–water partition coefficient (Wildman–Crippen LogP) is 2.09. The third kappa shape index (κ3) is 3.89. The minimum atomic E-state index is 0.0509. The smallest absolute Gasteiger partial charge is 0.158 e. The van der Waals surface area contributed by atoms with Crippen LogP contribution in [0.25, 0.3) is 0 Å². The molecule has 0 aromatic carbocycles. The van der Waals surface area contributed by atoms with Crippen LogP contribution in [0.1, 0.15) is 12.8 Å². The van der Waals surface area contributed by atoms with Gasteiger partial charge in [-0.3, -0.25) is 0 Å². The molecule has 1 aliphatic rings. The van der Waals surface area contributed by atoms with Gasteiger partial charge in [0.1, 0.15) is 0 Å². The summed E-state index contributed by atoms with van der Waals surface area (Å²) in [4.78, 5) is 0. The Labute approximate surface area is 75.7 Å². The van der Waals surface area contributed by atoms with Gasteiger partial charge < -0.3 is 9.47 Å². The first kappa shape index (κ1) is 9.23. The Balaban J connectivity index is 1.97. The third-order valence-electron chi connectivity index (χ3n) is 1.52. The Morgan fingerprint density at radius 3 is 2.64 bits per heavy atom. The van der Waals surface area contributed by atoms with E-state index in [1.807, 2.05) is 0 Å². The highest BCUT2D eigenvalue weighted by Crippen LogP contribution is 2.10. The van der Waals surface area contributed by atoms with E-state index in [-0.39, 0.29) is 6.29 Å². The fourth-order valence-corrected chi connectivity index (χ4v) is 1.25. The largest absolute Gasteiger partial charge is 0.350 e. The predicted molar refractivity (Wildman–Crippen MR) is 47.9 cm³/mol. The van der Waals surface area contributed by atoms with E-state index in [2.05, 4.69) is 28.1 Å². The molecule has 1 rings (SSSR count). The van der Waals surface area contributed by atoms with Crippen molar-refractivity contribution in [3.05, 3.63) is 12.2 Å². The summed E-state index contributed by atoms with van der Waals surface area (Å²) in [5, 5.41) is 0.930. The van der Waals surface area contributed by atoms with Gasteiger partial charge in [-0.2, -0.15) is 0 Å². The number of allylic oxidation sites excluding steroid dienone is 2. The van der Waals surface area contributed by atoms with E-state index in [0.717, 1.165) is 31.4 Å². The van der Waals surface area contributed by atoms with Crippen LogP contribution in [0.4, 0.5) is 0 Å². The van der Waals surface area contributed by atoms with E-state index in [9.17, 15) is 0 Å². The molecule has 0 N–H and O–H groups in total. The topological polar surface area (TPSA) is 18.5 Å². The summed E-state index contributed by atoms with van der Waals surface area (Å²) in [6.07, 6.45) is 6.30. The third-order valence-corrected chi connectivity index (χ3v) is 1.89. The Hall–Kier alpha value is 0.140. The van der Waals surface area contributed by atoms with E-state index in [0.29, 0.717) is 0 Å². The van der Waals surface area contributed by atoms with E-state index >= 15 is 0 Å². The number of rotatable bonds is 4. The van der Waals surface area contributed by atoms with Crippen LogP contribution in [0.3, 0.4) is 0 Å². The van der Waals surface area contributed by atoms with Gasteiger partial charge in [-0.15, -0.1) is 0 Å². The maximum absolute atomic E-state index is 5.27. The lowest BCUT2D eigenvalue weighted by Gasteiger charge is -2.05. The van der Waals surface area contributed by atoms with Crippen LogP contribution in [-0.2, 0) is 9.47 Å². The normalized spacial score (nSPS) is 20.1. The molecule has 2 nitrogen and oxygen atoms in total. The van der Waals surface area contributed by atoms with Crippen LogP contribution in [0.5, 0.6) is 0 Å². The molecule has 0 saturated carbocycles. The summed E-state index contributed by atoms with van der Waals surface area (Å²) in [6, 6.07) is 0. The highest BCUT2D eigenvalue weighted by Gasteiger charge is 2.13. The molecular formula is C8H13BrO2. The molecule has 1 aliphatic heterocycles. The number of halogens is 1. The lowest BCUT2D eigenvalue weighted by atomic mass is 10.3. The van der Waals surface area contributed by atoms with Crippen molar-refractivity contribution in [3.8, 4) is 0 Å². The van der Waals surface area contributed by atoms with E-state index in [1.54, 1.807) is 0 Å². The summed E-state index contributed by atoms with van der Waals surface area (Å²) in [5.41, 5.74) is 0. The Kier molecular flexibility index (Phi) is 4.82. The lowest BCUT2D eigenvalue weighted by Crippen LogP contribution is -2.05. The van der Waals surface area contributed by atoms with Crippen molar-refractivity contribution in [1.29, 1.82) is 0 Å². The molecule has 0 atom stereocenters. The van der Waals surface area contributed by atoms with E-state index in [1.165, 1.54) is 0 Å². The minimum Gasteiger partial charge on any atom is -0.350 e. The zero-order chi connectivity index (χ0) is 7.94. The van der Waals surface area contributed by atoms with Crippen LogP contribution in [0, 0.1) is 0 Å². The second-order valence-electron chi connectivity index (χ2n) is 2.37.